The second-order valence-electron chi connectivity index (χ2n) is 6.58. The average molecular weight is 395 g/mol. The molecule has 0 radical (unpaired) electrons. The topological polar surface area (TPSA) is 103 Å². The van der Waals surface area contributed by atoms with Crippen LogP contribution in [0.3, 0.4) is 0 Å². The van der Waals surface area contributed by atoms with E-state index in [2.05, 4.69) is 15.5 Å². The number of hydrogen-bond acceptors (Lipinski definition) is 6. The summed E-state index contributed by atoms with van der Waals surface area (Å²) in [4.78, 5) is 16.5. The van der Waals surface area contributed by atoms with E-state index in [1.54, 1.807) is 0 Å². The molecule has 1 aromatic heterocycles. The number of amides is 1. The number of aryl methyl sites for hydroxylation is 1. The Morgan fingerprint density at radius 3 is 2.63 bits per heavy atom. The predicted molar refractivity (Wildman–Crippen MR) is 105 cm³/mol. The van der Waals surface area contributed by atoms with E-state index in [0.29, 0.717) is 31.5 Å². The summed E-state index contributed by atoms with van der Waals surface area (Å²) in [5.41, 5.74) is 8.10. The van der Waals surface area contributed by atoms with Gasteiger partial charge >= 0.3 is 0 Å². The first-order chi connectivity index (χ1) is 12.7. The number of aromatic nitrogens is 2. The number of nitrogens with one attached hydrogen (secondary N) is 1. The zero-order valence-electron chi connectivity index (χ0n) is 15.5. The van der Waals surface area contributed by atoms with Crippen molar-refractivity contribution in [3.05, 3.63) is 35.7 Å². The lowest BCUT2D eigenvalue weighted by Crippen LogP contribution is -2.47. The fraction of sp³-hybridized carbons (Fsp3) is 0.526. The maximum atomic E-state index is 12.2. The summed E-state index contributed by atoms with van der Waals surface area (Å²) >= 11 is 0. The molecule has 1 amide bonds. The molecular formula is C19H27ClN4O3. The van der Waals surface area contributed by atoms with E-state index in [-0.39, 0.29) is 24.2 Å². The summed E-state index contributed by atoms with van der Waals surface area (Å²) < 4.78 is 10.6. The van der Waals surface area contributed by atoms with E-state index < -0.39 is 6.04 Å². The van der Waals surface area contributed by atoms with Crippen LogP contribution in [0.25, 0.3) is 11.5 Å². The molecule has 27 heavy (non-hydrogen) atoms. The molecule has 1 fully saturated rings. The summed E-state index contributed by atoms with van der Waals surface area (Å²) in [6, 6.07) is 7.48. The summed E-state index contributed by atoms with van der Waals surface area (Å²) in [7, 11) is 0. The van der Waals surface area contributed by atoms with Gasteiger partial charge in [-0.15, -0.1) is 12.4 Å². The van der Waals surface area contributed by atoms with Crippen molar-refractivity contribution in [3.8, 4) is 11.5 Å². The van der Waals surface area contributed by atoms with E-state index in [4.69, 9.17) is 15.0 Å². The van der Waals surface area contributed by atoms with Gasteiger partial charge in [0, 0.05) is 31.7 Å². The summed E-state index contributed by atoms with van der Waals surface area (Å²) in [6.45, 7) is 3.94. The normalized spacial score (nSPS) is 15.8. The second-order valence-corrected chi connectivity index (χ2v) is 6.58. The molecule has 2 heterocycles. The van der Waals surface area contributed by atoms with Gasteiger partial charge in [0.1, 0.15) is 0 Å². The zero-order valence-corrected chi connectivity index (χ0v) is 16.3. The number of nitrogens with zero attached hydrogens (tertiary/aromatic N) is 2. The van der Waals surface area contributed by atoms with Gasteiger partial charge in [0.2, 0.25) is 5.91 Å². The van der Waals surface area contributed by atoms with Crippen LogP contribution >= 0.6 is 12.4 Å². The Morgan fingerprint density at radius 2 is 2.00 bits per heavy atom. The van der Waals surface area contributed by atoms with E-state index in [9.17, 15) is 4.79 Å². The Hall–Kier alpha value is -1.96. The highest BCUT2D eigenvalue weighted by Crippen LogP contribution is 2.19. The van der Waals surface area contributed by atoms with Crippen LogP contribution in [0, 0.1) is 5.92 Å². The van der Waals surface area contributed by atoms with Gasteiger partial charge in [0.25, 0.3) is 5.89 Å². The number of hydrogen-bond donors (Lipinski definition) is 2. The molecular weight excluding hydrogens is 368 g/mol. The van der Waals surface area contributed by atoms with Crippen molar-refractivity contribution in [2.45, 2.75) is 38.6 Å². The highest BCUT2D eigenvalue weighted by Gasteiger charge is 2.26. The number of nitrogens with two attached hydrogens (primary N) is 1. The maximum Gasteiger partial charge on any atom is 0.257 e. The minimum atomic E-state index is -0.452. The van der Waals surface area contributed by atoms with Gasteiger partial charge < -0.3 is 20.3 Å². The molecule has 0 bridgehead atoms. The number of benzene rings is 1. The lowest BCUT2D eigenvalue weighted by atomic mass is 9.92. The molecule has 7 nitrogen and oxygen atoms in total. The van der Waals surface area contributed by atoms with E-state index >= 15 is 0 Å². The summed E-state index contributed by atoms with van der Waals surface area (Å²) in [5, 5.41) is 6.84. The molecule has 3 rings (SSSR count). The third kappa shape index (κ3) is 5.76. The standard InChI is InChI=1S/C19H26N4O3.ClH/c1-2-16-22-19(26-23-16)15-5-3-13(4-6-15)7-10-21-18(24)17(20)14-8-11-25-12-9-14;/h3-6,14,17H,2,7-12,20H2,1H3,(H,21,24);1H. The van der Waals surface area contributed by atoms with Crippen molar-refractivity contribution in [2.75, 3.05) is 19.8 Å². The lowest BCUT2D eigenvalue weighted by Gasteiger charge is -2.26. The van der Waals surface area contributed by atoms with Crippen molar-refractivity contribution in [3.63, 3.8) is 0 Å². The largest absolute Gasteiger partial charge is 0.381 e. The molecule has 1 aliphatic heterocycles. The van der Waals surface area contributed by atoms with Gasteiger partial charge in [-0.3, -0.25) is 4.79 Å². The first kappa shape index (κ1) is 21.3. The second kappa shape index (κ2) is 10.4. The Labute approximate surface area is 165 Å². The summed E-state index contributed by atoms with van der Waals surface area (Å²) in [5.74, 6) is 1.37. The molecule has 2 aromatic rings. The lowest BCUT2D eigenvalue weighted by molar-refractivity contribution is -0.124. The van der Waals surface area contributed by atoms with Crippen molar-refractivity contribution in [1.29, 1.82) is 0 Å². The monoisotopic (exact) mass is 394 g/mol. The highest BCUT2D eigenvalue weighted by molar-refractivity contribution is 5.85. The molecule has 1 unspecified atom stereocenters. The van der Waals surface area contributed by atoms with Crippen LogP contribution in [0.5, 0.6) is 0 Å². The van der Waals surface area contributed by atoms with Crippen molar-refractivity contribution < 1.29 is 14.1 Å². The van der Waals surface area contributed by atoms with Crippen molar-refractivity contribution in [1.82, 2.24) is 15.5 Å². The minimum absolute atomic E-state index is 0. The van der Waals surface area contributed by atoms with Gasteiger partial charge in [-0.25, -0.2) is 0 Å². The minimum Gasteiger partial charge on any atom is -0.381 e. The third-order valence-corrected chi connectivity index (χ3v) is 4.77. The van der Waals surface area contributed by atoms with Crippen LogP contribution in [0.2, 0.25) is 0 Å². The molecule has 1 atom stereocenters. The van der Waals surface area contributed by atoms with Crippen LogP contribution in [0.15, 0.2) is 28.8 Å². The average Bonchev–Trinajstić information content (AvgIpc) is 3.18. The smallest absolute Gasteiger partial charge is 0.257 e. The number of ether oxygens (including phenoxy) is 1. The Balaban J connectivity index is 0.00000261. The highest BCUT2D eigenvalue weighted by atomic mass is 35.5. The van der Waals surface area contributed by atoms with Crippen molar-refractivity contribution >= 4 is 18.3 Å². The molecule has 1 aromatic carbocycles. The molecule has 0 spiro atoms. The summed E-state index contributed by atoms with van der Waals surface area (Å²) in [6.07, 6.45) is 3.20. The molecule has 3 N–H and O–H groups in total. The first-order valence-corrected chi connectivity index (χ1v) is 9.20. The molecule has 0 aliphatic carbocycles. The van der Waals surface area contributed by atoms with Crippen LogP contribution in [0.4, 0.5) is 0 Å². The fourth-order valence-electron chi connectivity index (χ4n) is 3.07. The molecule has 8 heteroatoms. The quantitative estimate of drug-likeness (QED) is 0.745. The van der Waals surface area contributed by atoms with Crippen LogP contribution in [-0.4, -0.2) is 41.8 Å². The molecule has 148 valence electrons. The number of carbonyl (C=O) groups is 1. The maximum absolute atomic E-state index is 12.2. The van der Waals surface area contributed by atoms with Gasteiger partial charge in [-0.2, -0.15) is 4.98 Å². The van der Waals surface area contributed by atoms with Crippen LogP contribution in [0.1, 0.15) is 31.2 Å². The number of rotatable bonds is 7. The van der Waals surface area contributed by atoms with E-state index in [0.717, 1.165) is 36.8 Å². The molecule has 0 saturated carbocycles. The van der Waals surface area contributed by atoms with E-state index in [1.165, 1.54) is 0 Å². The predicted octanol–water partition coefficient (Wildman–Crippen LogP) is 2.13. The van der Waals surface area contributed by atoms with Crippen LogP contribution < -0.4 is 11.1 Å². The third-order valence-electron chi connectivity index (χ3n) is 4.77. The van der Waals surface area contributed by atoms with Gasteiger partial charge in [-0.1, -0.05) is 24.2 Å². The van der Waals surface area contributed by atoms with Crippen molar-refractivity contribution in [2.24, 2.45) is 11.7 Å². The van der Waals surface area contributed by atoms with Gasteiger partial charge in [-0.05, 0) is 42.9 Å². The Bertz CT molecular complexity index is 714. The Morgan fingerprint density at radius 1 is 1.30 bits per heavy atom. The number of halogens is 1. The SMILES string of the molecule is CCc1noc(-c2ccc(CCNC(=O)C(N)C3CCOCC3)cc2)n1.Cl. The number of carbonyl (C=O) groups excluding carboxylic acids is 1. The molecule has 1 aliphatic rings. The van der Waals surface area contributed by atoms with E-state index in [1.807, 2.05) is 31.2 Å². The van der Waals surface area contributed by atoms with Gasteiger partial charge in [0.05, 0.1) is 6.04 Å². The fourth-order valence-corrected chi connectivity index (χ4v) is 3.07. The zero-order chi connectivity index (χ0) is 18.4. The Kier molecular flexibility index (Phi) is 8.22. The van der Waals surface area contributed by atoms with Crippen LogP contribution in [-0.2, 0) is 22.4 Å². The first-order valence-electron chi connectivity index (χ1n) is 9.20. The molecule has 1 saturated heterocycles. The van der Waals surface area contributed by atoms with Gasteiger partial charge in [0.15, 0.2) is 5.82 Å².